The van der Waals surface area contributed by atoms with Crippen LogP contribution in [0, 0.1) is 6.92 Å². The number of fused-ring (bicyclic) bond motifs is 1. The van der Waals surface area contributed by atoms with E-state index in [1.54, 1.807) is 24.7 Å². The molecule has 0 spiro atoms. The molecule has 3 aromatic rings. The summed E-state index contributed by atoms with van der Waals surface area (Å²) in [7, 11) is 0. The monoisotopic (exact) mass is 413 g/mol. The number of aliphatic hydroxyl groups is 2. The van der Waals surface area contributed by atoms with E-state index in [0.717, 1.165) is 5.56 Å². The number of aromatic nitrogens is 4. The fourth-order valence-corrected chi connectivity index (χ4v) is 3.73. The van der Waals surface area contributed by atoms with Gasteiger partial charge in [-0.1, -0.05) is 29.8 Å². The number of nitrogens with one attached hydrogen (secondary N) is 1. The summed E-state index contributed by atoms with van der Waals surface area (Å²) >= 11 is 0. The molecule has 160 valence electrons. The number of rotatable bonds is 7. The number of ether oxygens (including phenoxy) is 2. The Balaban J connectivity index is 1.60. The highest BCUT2D eigenvalue weighted by atomic mass is 16.7. The molecule has 4 rings (SSSR count). The Hall–Kier alpha value is -2.59. The van der Waals surface area contributed by atoms with Crippen LogP contribution in [-0.4, -0.2) is 54.3 Å². The quantitative estimate of drug-likeness (QED) is 0.505. The lowest BCUT2D eigenvalue weighted by atomic mass is 10.1. The molecule has 1 fully saturated rings. The minimum Gasteiger partial charge on any atom is -0.394 e. The van der Waals surface area contributed by atoms with E-state index in [4.69, 9.17) is 9.47 Å². The Bertz CT molecular complexity index is 1020. The maximum atomic E-state index is 10.1. The zero-order chi connectivity index (χ0) is 21.3. The lowest BCUT2D eigenvalue weighted by molar-refractivity contribution is -0.222. The van der Waals surface area contributed by atoms with Gasteiger partial charge >= 0.3 is 0 Å². The highest BCUT2D eigenvalue weighted by Gasteiger charge is 2.40. The number of aryl methyl sites for hydroxylation is 1. The van der Waals surface area contributed by atoms with Crippen LogP contribution >= 0.6 is 0 Å². The molecule has 1 aromatic carbocycles. The maximum Gasteiger partial charge on any atom is 0.167 e. The van der Waals surface area contributed by atoms with Gasteiger partial charge in [-0.3, -0.25) is 4.57 Å². The lowest BCUT2D eigenvalue weighted by Crippen LogP contribution is -2.33. The van der Waals surface area contributed by atoms with Crippen LogP contribution in [0.5, 0.6) is 0 Å². The van der Waals surface area contributed by atoms with Gasteiger partial charge in [-0.25, -0.2) is 15.0 Å². The molecule has 0 radical (unpaired) electrons. The lowest BCUT2D eigenvalue weighted by Gasteiger charge is -2.27. The van der Waals surface area contributed by atoms with Crippen molar-refractivity contribution in [1.82, 2.24) is 19.5 Å². The van der Waals surface area contributed by atoms with E-state index < -0.39 is 18.1 Å². The fourth-order valence-electron chi connectivity index (χ4n) is 3.73. The van der Waals surface area contributed by atoms with Gasteiger partial charge in [-0.05, 0) is 26.3 Å². The molecule has 2 unspecified atom stereocenters. The Morgan fingerprint density at radius 1 is 1.30 bits per heavy atom. The molecule has 0 amide bonds. The van der Waals surface area contributed by atoms with E-state index in [2.05, 4.69) is 45.4 Å². The summed E-state index contributed by atoms with van der Waals surface area (Å²) in [5.74, 6) is -0.709. The molecular formula is C21H27N5O4. The molecule has 1 aliphatic heterocycles. The molecule has 2 aromatic heterocycles. The van der Waals surface area contributed by atoms with Crippen molar-refractivity contribution in [3.05, 3.63) is 48.0 Å². The predicted octanol–water partition coefficient (Wildman–Crippen LogP) is 2.14. The molecule has 1 saturated heterocycles. The number of anilines is 1. The number of hydrogen-bond donors (Lipinski definition) is 3. The summed E-state index contributed by atoms with van der Waals surface area (Å²) in [6.07, 6.45) is 2.14. The van der Waals surface area contributed by atoms with Crippen molar-refractivity contribution in [2.45, 2.75) is 58.0 Å². The maximum absolute atomic E-state index is 10.1. The Kier molecular flexibility index (Phi) is 5.70. The number of nitrogens with zero attached hydrogens (tertiary/aromatic N) is 4. The summed E-state index contributed by atoms with van der Waals surface area (Å²) in [4.78, 5) is 13.2. The van der Waals surface area contributed by atoms with Gasteiger partial charge in [0.25, 0.3) is 0 Å². The molecule has 0 aliphatic carbocycles. The standard InChI is InChI=1S/C21H27N5O4/c1-13-5-4-6-14(7-13)9-22-18-17-19(24-11-23-18)26(12-25-17)20-16(30-21(2,3)28)8-15(10-27)29-20/h4-7,11-12,15-16,20,27-28H,8-10H2,1-3H3,(H,22,23,24)/t15?,16-,20?/m1/s1. The van der Waals surface area contributed by atoms with E-state index in [1.807, 2.05) is 6.07 Å². The normalized spacial score (nSPS) is 22.0. The minimum absolute atomic E-state index is 0.132. The predicted molar refractivity (Wildman–Crippen MR) is 111 cm³/mol. The zero-order valence-electron chi connectivity index (χ0n) is 17.3. The summed E-state index contributed by atoms with van der Waals surface area (Å²) in [6.45, 7) is 5.67. The van der Waals surface area contributed by atoms with Crippen molar-refractivity contribution < 1.29 is 19.7 Å². The Morgan fingerprint density at radius 2 is 2.13 bits per heavy atom. The van der Waals surface area contributed by atoms with Crippen molar-refractivity contribution in [2.24, 2.45) is 0 Å². The highest BCUT2D eigenvalue weighted by molar-refractivity contribution is 5.82. The Labute approximate surface area is 174 Å². The number of aliphatic hydroxyl groups excluding tert-OH is 1. The number of hydrogen-bond acceptors (Lipinski definition) is 8. The summed E-state index contributed by atoms with van der Waals surface area (Å²) in [6, 6.07) is 8.25. The first-order chi connectivity index (χ1) is 14.3. The number of imidazole rings is 1. The van der Waals surface area contributed by atoms with Gasteiger partial charge in [0.15, 0.2) is 29.0 Å². The van der Waals surface area contributed by atoms with Crippen LogP contribution in [-0.2, 0) is 16.0 Å². The third-order valence-corrected chi connectivity index (χ3v) is 4.96. The van der Waals surface area contributed by atoms with Crippen molar-refractivity contribution in [3.8, 4) is 0 Å². The molecule has 9 heteroatoms. The highest BCUT2D eigenvalue weighted by Crippen LogP contribution is 2.35. The molecule has 3 N–H and O–H groups in total. The van der Waals surface area contributed by atoms with Crippen LogP contribution < -0.4 is 5.32 Å². The van der Waals surface area contributed by atoms with Crippen LogP contribution in [0.4, 0.5) is 5.82 Å². The second-order valence-electron chi connectivity index (χ2n) is 8.06. The van der Waals surface area contributed by atoms with Gasteiger partial charge in [0.05, 0.1) is 19.0 Å². The molecule has 30 heavy (non-hydrogen) atoms. The van der Waals surface area contributed by atoms with E-state index in [0.29, 0.717) is 29.9 Å². The first kappa shape index (κ1) is 20.7. The van der Waals surface area contributed by atoms with Crippen molar-refractivity contribution >= 4 is 17.0 Å². The molecule has 3 heterocycles. The third-order valence-electron chi connectivity index (χ3n) is 4.96. The van der Waals surface area contributed by atoms with Gasteiger partial charge in [-0.15, -0.1) is 0 Å². The van der Waals surface area contributed by atoms with Gasteiger partial charge in [-0.2, -0.15) is 0 Å². The van der Waals surface area contributed by atoms with Gasteiger partial charge in [0, 0.05) is 13.0 Å². The van der Waals surface area contributed by atoms with Crippen LogP contribution in [0.25, 0.3) is 11.2 Å². The van der Waals surface area contributed by atoms with Crippen molar-refractivity contribution in [3.63, 3.8) is 0 Å². The fraction of sp³-hybridized carbons (Fsp3) is 0.476. The van der Waals surface area contributed by atoms with E-state index in [1.165, 1.54) is 11.9 Å². The van der Waals surface area contributed by atoms with E-state index in [9.17, 15) is 10.2 Å². The smallest absolute Gasteiger partial charge is 0.167 e. The van der Waals surface area contributed by atoms with Crippen molar-refractivity contribution in [1.29, 1.82) is 0 Å². The second kappa shape index (κ2) is 8.27. The topological polar surface area (TPSA) is 115 Å². The van der Waals surface area contributed by atoms with E-state index in [-0.39, 0.29) is 12.7 Å². The third kappa shape index (κ3) is 4.44. The van der Waals surface area contributed by atoms with Crippen LogP contribution in [0.2, 0.25) is 0 Å². The second-order valence-corrected chi connectivity index (χ2v) is 8.06. The average Bonchev–Trinajstić information content (AvgIpc) is 3.29. The molecule has 1 aliphatic rings. The SMILES string of the molecule is Cc1cccc(CNc2ncnc3c2ncn3C2OC(CO)C[C@H]2OC(C)(C)O)c1. The molecule has 0 saturated carbocycles. The van der Waals surface area contributed by atoms with Crippen LogP contribution in [0.3, 0.4) is 0 Å². The molecule has 3 atom stereocenters. The van der Waals surface area contributed by atoms with Gasteiger partial charge in [0.1, 0.15) is 12.4 Å². The first-order valence-electron chi connectivity index (χ1n) is 9.97. The van der Waals surface area contributed by atoms with E-state index >= 15 is 0 Å². The largest absolute Gasteiger partial charge is 0.394 e. The molecule has 9 nitrogen and oxygen atoms in total. The van der Waals surface area contributed by atoms with Gasteiger partial charge < -0.3 is 25.0 Å². The number of benzene rings is 1. The van der Waals surface area contributed by atoms with Crippen LogP contribution in [0.15, 0.2) is 36.9 Å². The van der Waals surface area contributed by atoms with Crippen LogP contribution in [0.1, 0.15) is 37.6 Å². The molecule has 0 bridgehead atoms. The zero-order valence-corrected chi connectivity index (χ0v) is 17.3. The van der Waals surface area contributed by atoms with Gasteiger partial charge in [0.2, 0.25) is 0 Å². The minimum atomic E-state index is -1.33. The average molecular weight is 413 g/mol. The summed E-state index contributed by atoms with van der Waals surface area (Å²) < 4.78 is 13.5. The summed E-state index contributed by atoms with van der Waals surface area (Å²) in [5, 5.41) is 23.0. The van der Waals surface area contributed by atoms with Crippen molar-refractivity contribution in [2.75, 3.05) is 11.9 Å². The Morgan fingerprint density at radius 3 is 2.87 bits per heavy atom. The summed E-state index contributed by atoms with van der Waals surface area (Å²) in [5.41, 5.74) is 3.54. The first-order valence-corrected chi connectivity index (χ1v) is 9.97. The molecular weight excluding hydrogens is 386 g/mol.